The van der Waals surface area contributed by atoms with Crippen LogP contribution < -0.4 is 5.32 Å². The molecule has 0 rings (SSSR count). The lowest BCUT2D eigenvalue weighted by molar-refractivity contribution is 0.298. The fraction of sp³-hybridized carbons (Fsp3) is 0.923. The van der Waals surface area contributed by atoms with Gasteiger partial charge in [-0.15, -0.1) is 0 Å². The molecule has 0 aromatic carbocycles. The molecule has 0 saturated carbocycles. The molecule has 0 spiro atoms. The van der Waals surface area contributed by atoms with Crippen LogP contribution in [-0.2, 0) is 0 Å². The van der Waals surface area contributed by atoms with Crippen molar-refractivity contribution in [3.8, 4) is 0 Å². The molecule has 15 heavy (non-hydrogen) atoms. The van der Waals surface area contributed by atoms with E-state index in [9.17, 15) is 0 Å². The zero-order valence-corrected chi connectivity index (χ0v) is 11.1. The molecule has 0 amide bonds. The minimum Gasteiger partial charge on any atom is -0.291 e. The Kier molecular flexibility index (Phi) is 7.67. The average molecular weight is 212 g/mol. The summed E-state index contributed by atoms with van der Waals surface area (Å²) in [5, 5.41) is 3.63. The van der Waals surface area contributed by atoms with Gasteiger partial charge >= 0.3 is 0 Å². The molecule has 2 nitrogen and oxygen atoms in total. The van der Waals surface area contributed by atoms with Crippen LogP contribution >= 0.6 is 0 Å². The zero-order chi connectivity index (χ0) is 11.7. The van der Waals surface area contributed by atoms with Crippen LogP contribution in [0.1, 0.15) is 66.7 Å². The largest absolute Gasteiger partial charge is 0.291 e. The van der Waals surface area contributed by atoms with Gasteiger partial charge in [0.05, 0.1) is 0 Å². The van der Waals surface area contributed by atoms with E-state index in [0.717, 1.165) is 12.8 Å². The van der Waals surface area contributed by atoms with Crippen LogP contribution in [0, 0.1) is 0 Å². The smallest absolute Gasteiger partial charge is 0.107 e. The lowest BCUT2D eigenvalue weighted by Crippen LogP contribution is -2.45. The van der Waals surface area contributed by atoms with Crippen LogP contribution in [0.15, 0.2) is 4.99 Å². The molecule has 0 aliphatic heterocycles. The molecule has 2 unspecified atom stereocenters. The Morgan fingerprint density at radius 1 is 1.27 bits per heavy atom. The highest BCUT2D eigenvalue weighted by Crippen LogP contribution is 2.16. The van der Waals surface area contributed by atoms with Crippen LogP contribution in [0.5, 0.6) is 0 Å². The first-order chi connectivity index (χ1) is 7.08. The summed E-state index contributed by atoms with van der Waals surface area (Å²) in [6, 6.07) is 0.556. The Bertz CT molecular complexity index is 177. The SMILES string of the molecule is CC/C=N/C(C)(CCC)NC(C)CCC. The predicted octanol–water partition coefficient (Wildman–Crippen LogP) is 3.76. The molecule has 0 heterocycles. The van der Waals surface area contributed by atoms with Gasteiger partial charge in [0.2, 0.25) is 0 Å². The molecule has 2 atom stereocenters. The van der Waals surface area contributed by atoms with Gasteiger partial charge in [0.25, 0.3) is 0 Å². The van der Waals surface area contributed by atoms with Crippen LogP contribution in [0.3, 0.4) is 0 Å². The van der Waals surface area contributed by atoms with Crippen molar-refractivity contribution in [1.29, 1.82) is 0 Å². The minimum absolute atomic E-state index is 0.0562. The standard InChI is InChI=1S/C13H28N2/c1-6-9-12(4)15-13(5,10-7-2)14-11-8-3/h11-12,15H,6-10H2,1-5H3/b14-11+. The van der Waals surface area contributed by atoms with Crippen molar-refractivity contribution in [3.63, 3.8) is 0 Å². The molecule has 1 N–H and O–H groups in total. The molecule has 90 valence electrons. The quantitative estimate of drug-likeness (QED) is 0.609. The van der Waals surface area contributed by atoms with Crippen molar-refractivity contribution < 1.29 is 0 Å². The van der Waals surface area contributed by atoms with Crippen LogP contribution in [0.25, 0.3) is 0 Å². The Hall–Kier alpha value is -0.370. The van der Waals surface area contributed by atoms with Crippen LogP contribution in [0.2, 0.25) is 0 Å². The summed E-state index contributed by atoms with van der Waals surface area (Å²) in [5.41, 5.74) is -0.0562. The monoisotopic (exact) mass is 212 g/mol. The van der Waals surface area contributed by atoms with Crippen molar-refractivity contribution in [3.05, 3.63) is 0 Å². The lowest BCUT2D eigenvalue weighted by atomic mass is 10.0. The summed E-state index contributed by atoms with van der Waals surface area (Å²) in [4.78, 5) is 4.65. The number of nitrogens with one attached hydrogen (secondary N) is 1. The normalized spacial score (nSPS) is 17.9. The number of aliphatic imine (C=N–C) groups is 1. The van der Waals surface area contributed by atoms with Gasteiger partial charge in [-0.3, -0.25) is 10.3 Å². The fourth-order valence-electron chi connectivity index (χ4n) is 1.99. The van der Waals surface area contributed by atoms with E-state index in [1.807, 2.05) is 6.21 Å². The second-order valence-corrected chi connectivity index (χ2v) is 4.58. The first-order valence-corrected chi connectivity index (χ1v) is 6.39. The van der Waals surface area contributed by atoms with Gasteiger partial charge in [-0.2, -0.15) is 0 Å². The van der Waals surface area contributed by atoms with E-state index in [4.69, 9.17) is 0 Å². The van der Waals surface area contributed by atoms with Crippen molar-refractivity contribution in [2.24, 2.45) is 4.99 Å². The summed E-state index contributed by atoms with van der Waals surface area (Å²) >= 11 is 0. The highest BCUT2D eigenvalue weighted by atomic mass is 15.1. The van der Waals surface area contributed by atoms with Crippen molar-refractivity contribution in [2.75, 3.05) is 0 Å². The van der Waals surface area contributed by atoms with E-state index in [1.54, 1.807) is 0 Å². The molecule has 0 radical (unpaired) electrons. The third-order valence-corrected chi connectivity index (χ3v) is 2.57. The summed E-state index contributed by atoms with van der Waals surface area (Å²) in [6.07, 6.45) is 7.78. The predicted molar refractivity (Wildman–Crippen MR) is 69.6 cm³/mol. The van der Waals surface area contributed by atoms with E-state index in [-0.39, 0.29) is 5.66 Å². The summed E-state index contributed by atoms with van der Waals surface area (Å²) in [6.45, 7) is 11.0. The Balaban J connectivity index is 4.28. The number of hydrogen-bond donors (Lipinski definition) is 1. The van der Waals surface area contributed by atoms with Crippen molar-refractivity contribution in [1.82, 2.24) is 5.32 Å². The molecule has 0 aromatic rings. The molecule has 0 bridgehead atoms. The molecular formula is C13H28N2. The van der Waals surface area contributed by atoms with Gasteiger partial charge in [-0.25, -0.2) is 0 Å². The minimum atomic E-state index is -0.0562. The first-order valence-electron chi connectivity index (χ1n) is 6.39. The Labute approximate surface area is 95.6 Å². The molecule has 2 heteroatoms. The van der Waals surface area contributed by atoms with Gasteiger partial charge in [0.1, 0.15) is 5.66 Å². The van der Waals surface area contributed by atoms with E-state index < -0.39 is 0 Å². The number of hydrogen-bond acceptors (Lipinski definition) is 2. The third kappa shape index (κ3) is 6.67. The first kappa shape index (κ1) is 14.6. The van der Waals surface area contributed by atoms with Gasteiger partial charge in [0, 0.05) is 12.3 Å². The summed E-state index contributed by atoms with van der Waals surface area (Å²) in [7, 11) is 0. The van der Waals surface area contributed by atoms with Gasteiger partial charge in [-0.1, -0.05) is 33.6 Å². The van der Waals surface area contributed by atoms with Crippen LogP contribution in [-0.4, -0.2) is 17.9 Å². The number of rotatable bonds is 8. The summed E-state index contributed by atoms with van der Waals surface area (Å²) < 4.78 is 0. The van der Waals surface area contributed by atoms with Gasteiger partial charge < -0.3 is 0 Å². The Morgan fingerprint density at radius 3 is 2.40 bits per heavy atom. The maximum absolute atomic E-state index is 4.65. The van der Waals surface area contributed by atoms with Gasteiger partial charge in [0.15, 0.2) is 0 Å². The third-order valence-electron chi connectivity index (χ3n) is 2.57. The average Bonchev–Trinajstić information content (AvgIpc) is 2.15. The highest BCUT2D eigenvalue weighted by Gasteiger charge is 2.22. The maximum Gasteiger partial charge on any atom is 0.107 e. The highest BCUT2D eigenvalue weighted by molar-refractivity contribution is 5.57. The maximum atomic E-state index is 4.65. The van der Waals surface area contributed by atoms with Gasteiger partial charge in [-0.05, 0) is 33.1 Å². The number of nitrogens with zero attached hydrogens (tertiary/aromatic N) is 1. The molecule has 0 aromatic heterocycles. The van der Waals surface area contributed by atoms with E-state index in [0.29, 0.717) is 6.04 Å². The lowest BCUT2D eigenvalue weighted by Gasteiger charge is -2.30. The topological polar surface area (TPSA) is 24.4 Å². The zero-order valence-electron chi connectivity index (χ0n) is 11.1. The second-order valence-electron chi connectivity index (χ2n) is 4.58. The van der Waals surface area contributed by atoms with E-state index in [1.165, 1.54) is 19.3 Å². The van der Waals surface area contributed by atoms with E-state index in [2.05, 4.69) is 44.9 Å². The molecule has 0 aliphatic rings. The van der Waals surface area contributed by atoms with E-state index >= 15 is 0 Å². The fourth-order valence-corrected chi connectivity index (χ4v) is 1.99. The molecule has 0 fully saturated rings. The second kappa shape index (κ2) is 7.86. The van der Waals surface area contributed by atoms with Crippen molar-refractivity contribution in [2.45, 2.75) is 78.4 Å². The molecule has 0 saturated heterocycles. The van der Waals surface area contributed by atoms with Crippen molar-refractivity contribution >= 4 is 6.21 Å². The summed E-state index contributed by atoms with van der Waals surface area (Å²) in [5.74, 6) is 0. The van der Waals surface area contributed by atoms with Crippen LogP contribution in [0.4, 0.5) is 0 Å². The Morgan fingerprint density at radius 2 is 1.93 bits per heavy atom. The molecular weight excluding hydrogens is 184 g/mol. The molecule has 0 aliphatic carbocycles.